The Hall–Kier alpha value is -2.02. The molecule has 0 bridgehead atoms. The molecule has 1 atom stereocenters. The van der Waals surface area contributed by atoms with Crippen LogP contribution in [0.15, 0.2) is 48.5 Å². The number of hydrogen-bond donors (Lipinski definition) is 0. The Morgan fingerprint density at radius 3 is 1.79 bits per heavy atom. The highest BCUT2D eigenvalue weighted by molar-refractivity contribution is 5.33. The Kier molecular flexibility index (Phi) is 5.22. The van der Waals surface area contributed by atoms with Crippen LogP contribution in [0.3, 0.4) is 0 Å². The van der Waals surface area contributed by atoms with Gasteiger partial charge in [0.15, 0.2) is 0 Å². The zero-order valence-corrected chi connectivity index (χ0v) is 12.6. The number of hydrogen-bond acceptors (Lipinski definition) is 1. The van der Waals surface area contributed by atoms with Crippen molar-refractivity contribution in [3.05, 3.63) is 70.8 Å². The summed E-state index contributed by atoms with van der Waals surface area (Å²) in [6, 6.07) is 10.3. The van der Waals surface area contributed by atoms with Gasteiger partial charge in [-0.05, 0) is 36.2 Å². The largest absolute Gasteiger partial charge is 0.416 e. The fourth-order valence-corrected chi connectivity index (χ4v) is 2.14. The summed E-state index contributed by atoms with van der Waals surface area (Å²) < 4.78 is 82.2. The molecule has 0 amide bonds. The normalized spacial score (nSPS) is 13.8. The van der Waals surface area contributed by atoms with Crippen LogP contribution < -0.4 is 0 Å². The quantitative estimate of drug-likeness (QED) is 0.616. The van der Waals surface area contributed by atoms with Crippen molar-refractivity contribution in [2.75, 3.05) is 0 Å². The van der Waals surface area contributed by atoms with E-state index in [-0.39, 0.29) is 18.2 Å². The summed E-state index contributed by atoms with van der Waals surface area (Å²) in [6.45, 7) is 1.32. The molecule has 24 heavy (non-hydrogen) atoms. The molecule has 0 radical (unpaired) electrons. The SMILES string of the molecule is CC(OCc1cc(C(F)(F)F)cc(C(F)(F)F)c1)c1ccccc1. The highest BCUT2D eigenvalue weighted by Crippen LogP contribution is 2.36. The van der Waals surface area contributed by atoms with E-state index < -0.39 is 29.6 Å². The molecule has 7 heteroatoms. The van der Waals surface area contributed by atoms with Crippen LogP contribution in [-0.2, 0) is 23.7 Å². The Morgan fingerprint density at radius 1 is 0.833 bits per heavy atom. The Morgan fingerprint density at radius 2 is 1.33 bits per heavy atom. The standard InChI is InChI=1S/C17H14F6O/c1-11(13-5-3-2-4-6-13)24-10-12-7-14(16(18,19)20)9-15(8-12)17(21,22)23/h2-9,11H,10H2,1H3. The van der Waals surface area contributed by atoms with Crippen LogP contribution in [0.25, 0.3) is 0 Å². The molecular formula is C17H14F6O. The van der Waals surface area contributed by atoms with E-state index in [0.29, 0.717) is 12.1 Å². The predicted molar refractivity (Wildman–Crippen MR) is 76.1 cm³/mol. The van der Waals surface area contributed by atoms with Gasteiger partial charge >= 0.3 is 12.4 Å². The van der Waals surface area contributed by atoms with Gasteiger partial charge in [-0.3, -0.25) is 0 Å². The second kappa shape index (κ2) is 6.84. The Labute approximate surface area is 134 Å². The topological polar surface area (TPSA) is 9.23 Å². The predicted octanol–water partition coefficient (Wildman–Crippen LogP) is 6.00. The van der Waals surface area contributed by atoms with Gasteiger partial charge in [0, 0.05) is 0 Å². The first kappa shape index (κ1) is 18.3. The molecular weight excluding hydrogens is 334 g/mol. The summed E-state index contributed by atoms with van der Waals surface area (Å²) in [5.41, 5.74) is -2.09. The lowest BCUT2D eigenvalue weighted by molar-refractivity contribution is -0.143. The van der Waals surface area contributed by atoms with Crippen molar-refractivity contribution >= 4 is 0 Å². The maximum atomic E-state index is 12.8. The van der Waals surface area contributed by atoms with Crippen LogP contribution in [0.2, 0.25) is 0 Å². The lowest BCUT2D eigenvalue weighted by atomic mass is 10.0. The first-order valence-electron chi connectivity index (χ1n) is 7.02. The molecule has 2 aromatic carbocycles. The van der Waals surface area contributed by atoms with Crippen LogP contribution in [0, 0.1) is 0 Å². The van der Waals surface area contributed by atoms with Crippen molar-refractivity contribution in [2.24, 2.45) is 0 Å². The third-order valence-corrected chi connectivity index (χ3v) is 3.42. The third kappa shape index (κ3) is 4.74. The van der Waals surface area contributed by atoms with Crippen LogP contribution in [-0.4, -0.2) is 0 Å². The first-order chi connectivity index (χ1) is 11.1. The monoisotopic (exact) mass is 348 g/mol. The average Bonchev–Trinajstić information content (AvgIpc) is 2.51. The minimum Gasteiger partial charge on any atom is -0.369 e. The van der Waals surface area contributed by atoms with Crippen LogP contribution in [0.1, 0.15) is 35.3 Å². The molecule has 0 aromatic heterocycles. The Balaban J connectivity index is 2.23. The molecule has 1 nitrogen and oxygen atoms in total. The molecule has 2 aromatic rings. The number of ether oxygens (including phenoxy) is 1. The van der Waals surface area contributed by atoms with Gasteiger partial charge < -0.3 is 4.74 Å². The van der Waals surface area contributed by atoms with E-state index in [1.807, 2.05) is 0 Å². The lowest BCUT2D eigenvalue weighted by Crippen LogP contribution is -2.12. The van der Waals surface area contributed by atoms with E-state index in [4.69, 9.17) is 4.74 Å². The number of halogens is 6. The Bertz CT molecular complexity index is 643. The minimum absolute atomic E-state index is 0.101. The van der Waals surface area contributed by atoms with E-state index in [0.717, 1.165) is 5.56 Å². The molecule has 0 fully saturated rings. The van der Waals surface area contributed by atoms with E-state index in [2.05, 4.69) is 0 Å². The lowest BCUT2D eigenvalue weighted by Gasteiger charge is -2.17. The van der Waals surface area contributed by atoms with Crippen molar-refractivity contribution in [2.45, 2.75) is 32.0 Å². The molecule has 2 rings (SSSR count). The number of alkyl halides is 6. The van der Waals surface area contributed by atoms with Gasteiger partial charge in [0.1, 0.15) is 0 Å². The highest BCUT2D eigenvalue weighted by atomic mass is 19.4. The number of rotatable bonds is 4. The van der Waals surface area contributed by atoms with Crippen molar-refractivity contribution in [1.82, 2.24) is 0 Å². The molecule has 0 aliphatic carbocycles. The minimum atomic E-state index is -4.86. The molecule has 130 valence electrons. The van der Waals surface area contributed by atoms with Crippen molar-refractivity contribution < 1.29 is 31.1 Å². The molecule has 0 spiro atoms. The first-order valence-corrected chi connectivity index (χ1v) is 7.02. The van der Waals surface area contributed by atoms with Crippen LogP contribution in [0.5, 0.6) is 0 Å². The van der Waals surface area contributed by atoms with Crippen LogP contribution >= 0.6 is 0 Å². The zero-order chi connectivity index (χ0) is 18.0. The van der Waals surface area contributed by atoms with Gasteiger partial charge in [0.2, 0.25) is 0 Å². The van der Waals surface area contributed by atoms with E-state index in [1.54, 1.807) is 37.3 Å². The molecule has 0 saturated carbocycles. The molecule has 1 unspecified atom stereocenters. The summed E-state index contributed by atoms with van der Waals surface area (Å²) in [5.74, 6) is 0. The molecule has 0 aliphatic rings. The molecule has 0 heterocycles. The fourth-order valence-electron chi connectivity index (χ4n) is 2.14. The second-order valence-electron chi connectivity index (χ2n) is 5.28. The summed E-state index contributed by atoms with van der Waals surface area (Å²) in [6.07, 6.45) is -10.2. The molecule has 0 N–H and O–H groups in total. The smallest absolute Gasteiger partial charge is 0.369 e. The summed E-state index contributed by atoms with van der Waals surface area (Å²) >= 11 is 0. The number of benzene rings is 2. The van der Waals surface area contributed by atoms with Gasteiger partial charge in [0.05, 0.1) is 23.8 Å². The van der Waals surface area contributed by atoms with Gasteiger partial charge in [0.25, 0.3) is 0 Å². The molecule has 0 aliphatic heterocycles. The summed E-state index contributed by atoms with van der Waals surface area (Å²) in [5, 5.41) is 0. The van der Waals surface area contributed by atoms with Crippen molar-refractivity contribution in [1.29, 1.82) is 0 Å². The zero-order valence-electron chi connectivity index (χ0n) is 12.6. The van der Waals surface area contributed by atoms with E-state index in [1.165, 1.54) is 0 Å². The van der Waals surface area contributed by atoms with Gasteiger partial charge in [-0.1, -0.05) is 30.3 Å². The van der Waals surface area contributed by atoms with Gasteiger partial charge in [-0.2, -0.15) is 26.3 Å². The maximum Gasteiger partial charge on any atom is 0.416 e. The van der Waals surface area contributed by atoms with E-state index in [9.17, 15) is 26.3 Å². The highest BCUT2D eigenvalue weighted by Gasteiger charge is 2.36. The average molecular weight is 348 g/mol. The van der Waals surface area contributed by atoms with Gasteiger partial charge in [-0.15, -0.1) is 0 Å². The van der Waals surface area contributed by atoms with Crippen molar-refractivity contribution in [3.63, 3.8) is 0 Å². The van der Waals surface area contributed by atoms with Crippen molar-refractivity contribution in [3.8, 4) is 0 Å². The van der Waals surface area contributed by atoms with Crippen LogP contribution in [0.4, 0.5) is 26.3 Å². The van der Waals surface area contributed by atoms with E-state index >= 15 is 0 Å². The summed E-state index contributed by atoms with van der Waals surface area (Å²) in [4.78, 5) is 0. The summed E-state index contributed by atoms with van der Waals surface area (Å²) in [7, 11) is 0. The third-order valence-electron chi connectivity index (χ3n) is 3.42. The van der Waals surface area contributed by atoms with Gasteiger partial charge in [-0.25, -0.2) is 0 Å². The fraction of sp³-hybridized carbons (Fsp3) is 0.294. The maximum absolute atomic E-state index is 12.8. The second-order valence-corrected chi connectivity index (χ2v) is 5.28. The molecule has 0 saturated heterocycles.